The number of hydrogen-bond donors (Lipinski definition) is 3. The maximum Gasteiger partial charge on any atom is 0.121 e. The van der Waals surface area contributed by atoms with Crippen LogP contribution in [-0.4, -0.2) is 10.2 Å². The molecule has 0 amide bonds. The Labute approximate surface area is 113 Å². The topological polar surface area (TPSA) is 52.5 Å². The first-order valence-corrected chi connectivity index (χ1v) is 6.33. The van der Waals surface area contributed by atoms with E-state index in [1.165, 1.54) is 17.7 Å². The Kier molecular flexibility index (Phi) is 3.65. The lowest BCUT2D eigenvalue weighted by Gasteiger charge is -2.19. The molecular weight excluding hydrogens is 238 g/mol. The van der Waals surface area contributed by atoms with Crippen molar-refractivity contribution in [3.8, 4) is 11.5 Å². The van der Waals surface area contributed by atoms with Crippen LogP contribution in [-0.2, 0) is 0 Å². The number of aryl methyl sites for hydroxylation is 2. The number of phenols is 2. The van der Waals surface area contributed by atoms with Crippen molar-refractivity contribution in [2.45, 2.75) is 26.8 Å². The van der Waals surface area contributed by atoms with Gasteiger partial charge in [-0.25, -0.2) is 0 Å². The summed E-state index contributed by atoms with van der Waals surface area (Å²) < 4.78 is 0. The van der Waals surface area contributed by atoms with Crippen molar-refractivity contribution >= 4 is 5.69 Å². The first kappa shape index (κ1) is 13.3. The standard InChI is InChI=1S/C16H19NO2/c1-10-4-5-11(2)15(8-10)17-12(3)14-9-13(18)6-7-16(14)19/h4-9,12,17-19H,1-3H3. The third-order valence-electron chi connectivity index (χ3n) is 3.24. The molecule has 0 aliphatic heterocycles. The van der Waals surface area contributed by atoms with Crippen LogP contribution < -0.4 is 5.32 Å². The van der Waals surface area contributed by atoms with Gasteiger partial charge in [0.2, 0.25) is 0 Å². The predicted molar refractivity (Wildman–Crippen MR) is 77.7 cm³/mol. The third-order valence-corrected chi connectivity index (χ3v) is 3.24. The van der Waals surface area contributed by atoms with Crippen LogP contribution >= 0.6 is 0 Å². The molecule has 3 N–H and O–H groups in total. The van der Waals surface area contributed by atoms with Gasteiger partial charge in [-0.2, -0.15) is 0 Å². The lowest BCUT2D eigenvalue weighted by molar-refractivity contribution is 0.451. The molecule has 0 aliphatic rings. The van der Waals surface area contributed by atoms with Crippen LogP contribution in [0.3, 0.4) is 0 Å². The molecule has 1 atom stereocenters. The van der Waals surface area contributed by atoms with E-state index in [0.717, 1.165) is 11.3 Å². The van der Waals surface area contributed by atoms with E-state index in [-0.39, 0.29) is 17.5 Å². The second-order valence-electron chi connectivity index (χ2n) is 4.93. The zero-order valence-electron chi connectivity index (χ0n) is 11.4. The molecule has 2 rings (SSSR count). The van der Waals surface area contributed by atoms with E-state index in [1.807, 2.05) is 20.8 Å². The van der Waals surface area contributed by atoms with Crippen molar-refractivity contribution in [3.05, 3.63) is 53.1 Å². The van der Waals surface area contributed by atoms with Crippen molar-refractivity contribution in [1.29, 1.82) is 0 Å². The monoisotopic (exact) mass is 257 g/mol. The first-order chi connectivity index (χ1) is 8.97. The van der Waals surface area contributed by atoms with E-state index >= 15 is 0 Å². The van der Waals surface area contributed by atoms with E-state index in [9.17, 15) is 10.2 Å². The van der Waals surface area contributed by atoms with Gasteiger partial charge in [-0.05, 0) is 56.2 Å². The second-order valence-corrected chi connectivity index (χ2v) is 4.93. The largest absolute Gasteiger partial charge is 0.508 e. The fraction of sp³-hybridized carbons (Fsp3) is 0.250. The third kappa shape index (κ3) is 2.99. The number of rotatable bonds is 3. The van der Waals surface area contributed by atoms with Crippen molar-refractivity contribution in [3.63, 3.8) is 0 Å². The molecule has 0 radical (unpaired) electrons. The maximum atomic E-state index is 9.86. The van der Waals surface area contributed by atoms with Crippen molar-refractivity contribution in [2.75, 3.05) is 5.32 Å². The molecule has 1 unspecified atom stereocenters. The van der Waals surface area contributed by atoms with Gasteiger partial charge in [0, 0.05) is 11.3 Å². The van der Waals surface area contributed by atoms with Crippen LogP contribution in [0.2, 0.25) is 0 Å². The Balaban J connectivity index is 2.27. The highest BCUT2D eigenvalue weighted by molar-refractivity contribution is 5.55. The van der Waals surface area contributed by atoms with Crippen LogP contribution in [0, 0.1) is 13.8 Å². The number of nitrogens with one attached hydrogen (secondary N) is 1. The quantitative estimate of drug-likeness (QED) is 0.731. The lowest BCUT2D eigenvalue weighted by atomic mass is 10.0. The minimum atomic E-state index is -0.0902. The minimum absolute atomic E-state index is 0.0902. The van der Waals surface area contributed by atoms with E-state index < -0.39 is 0 Å². The van der Waals surface area contributed by atoms with Crippen LogP contribution in [0.15, 0.2) is 36.4 Å². The molecule has 0 saturated carbocycles. The van der Waals surface area contributed by atoms with Gasteiger partial charge in [-0.1, -0.05) is 12.1 Å². The summed E-state index contributed by atoms with van der Waals surface area (Å²) >= 11 is 0. The molecule has 2 aromatic rings. The number of anilines is 1. The molecule has 0 bridgehead atoms. The van der Waals surface area contributed by atoms with Gasteiger partial charge in [0.15, 0.2) is 0 Å². The van der Waals surface area contributed by atoms with Gasteiger partial charge in [0.25, 0.3) is 0 Å². The van der Waals surface area contributed by atoms with E-state index in [2.05, 4.69) is 23.5 Å². The summed E-state index contributed by atoms with van der Waals surface area (Å²) in [5.74, 6) is 0.338. The number of aromatic hydroxyl groups is 2. The molecule has 2 aromatic carbocycles. The normalized spacial score (nSPS) is 12.2. The summed E-state index contributed by atoms with van der Waals surface area (Å²) in [6.45, 7) is 6.04. The molecule has 0 fully saturated rings. The smallest absolute Gasteiger partial charge is 0.121 e. The van der Waals surface area contributed by atoms with Gasteiger partial charge < -0.3 is 15.5 Å². The fourth-order valence-corrected chi connectivity index (χ4v) is 2.09. The molecule has 100 valence electrons. The average Bonchev–Trinajstić information content (AvgIpc) is 2.36. The van der Waals surface area contributed by atoms with Crippen molar-refractivity contribution in [2.24, 2.45) is 0 Å². The highest BCUT2D eigenvalue weighted by Crippen LogP contribution is 2.31. The molecule has 0 aromatic heterocycles. The van der Waals surface area contributed by atoms with Gasteiger partial charge in [0.05, 0.1) is 6.04 Å². The van der Waals surface area contributed by atoms with Crippen molar-refractivity contribution in [1.82, 2.24) is 0 Å². The first-order valence-electron chi connectivity index (χ1n) is 6.33. The summed E-state index contributed by atoms with van der Waals surface area (Å²) in [7, 11) is 0. The van der Waals surface area contributed by atoms with Gasteiger partial charge in [0.1, 0.15) is 11.5 Å². The molecule has 0 spiro atoms. The van der Waals surface area contributed by atoms with E-state index in [1.54, 1.807) is 6.07 Å². The Morgan fingerprint density at radius 2 is 1.74 bits per heavy atom. The number of hydrogen-bond acceptors (Lipinski definition) is 3. The number of benzene rings is 2. The molecule has 3 heteroatoms. The van der Waals surface area contributed by atoms with Crippen LogP contribution in [0.4, 0.5) is 5.69 Å². The molecule has 19 heavy (non-hydrogen) atoms. The maximum absolute atomic E-state index is 9.86. The molecule has 0 heterocycles. The Morgan fingerprint density at radius 3 is 2.47 bits per heavy atom. The summed E-state index contributed by atoms with van der Waals surface area (Å²) in [6, 6.07) is 10.7. The van der Waals surface area contributed by atoms with E-state index in [0.29, 0.717) is 5.56 Å². The molecule has 0 saturated heterocycles. The zero-order valence-corrected chi connectivity index (χ0v) is 11.4. The van der Waals surface area contributed by atoms with Crippen molar-refractivity contribution < 1.29 is 10.2 Å². The predicted octanol–water partition coefficient (Wildman–Crippen LogP) is 3.89. The zero-order chi connectivity index (χ0) is 14.0. The lowest BCUT2D eigenvalue weighted by Crippen LogP contribution is -2.08. The molecule has 0 aliphatic carbocycles. The van der Waals surface area contributed by atoms with Crippen LogP contribution in [0.25, 0.3) is 0 Å². The summed E-state index contributed by atoms with van der Waals surface area (Å²) in [4.78, 5) is 0. The summed E-state index contributed by atoms with van der Waals surface area (Å²) in [5.41, 5.74) is 4.05. The highest BCUT2D eigenvalue weighted by Gasteiger charge is 2.12. The van der Waals surface area contributed by atoms with Crippen LogP contribution in [0.1, 0.15) is 29.7 Å². The molecular formula is C16H19NO2. The second kappa shape index (κ2) is 5.22. The van der Waals surface area contributed by atoms with Crippen LogP contribution in [0.5, 0.6) is 11.5 Å². The van der Waals surface area contributed by atoms with Gasteiger partial charge >= 0.3 is 0 Å². The molecule has 3 nitrogen and oxygen atoms in total. The summed E-state index contributed by atoms with van der Waals surface area (Å²) in [6.07, 6.45) is 0. The Bertz CT molecular complexity index is 593. The minimum Gasteiger partial charge on any atom is -0.508 e. The summed E-state index contributed by atoms with van der Waals surface area (Å²) in [5, 5.41) is 22.7. The number of phenolic OH excluding ortho intramolecular Hbond substituents is 2. The Morgan fingerprint density at radius 1 is 1.00 bits per heavy atom. The highest BCUT2D eigenvalue weighted by atomic mass is 16.3. The van der Waals surface area contributed by atoms with Gasteiger partial charge in [-0.15, -0.1) is 0 Å². The average molecular weight is 257 g/mol. The van der Waals surface area contributed by atoms with E-state index in [4.69, 9.17) is 0 Å². The Hall–Kier alpha value is -2.16. The SMILES string of the molecule is Cc1ccc(C)c(NC(C)c2cc(O)ccc2O)c1. The van der Waals surface area contributed by atoms with Gasteiger partial charge in [-0.3, -0.25) is 0 Å². The fourth-order valence-electron chi connectivity index (χ4n) is 2.09.